The lowest BCUT2D eigenvalue weighted by atomic mass is 10.2. The molecule has 0 atom stereocenters. The van der Waals surface area contributed by atoms with Crippen LogP contribution in [-0.2, 0) is 4.79 Å². The molecule has 1 aromatic heterocycles. The second-order valence-electron chi connectivity index (χ2n) is 4.29. The van der Waals surface area contributed by atoms with Crippen LogP contribution in [0.15, 0.2) is 36.4 Å². The summed E-state index contributed by atoms with van der Waals surface area (Å²) in [5, 5.41) is 11.9. The largest absolute Gasteiger partial charge is 0.478 e. The minimum atomic E-state index is -1.02. The zero-order valence-electron chi connectivity index (χ0n) is 11.1. The molecule has 0 bridgehead atoms. The number of halogens is 1. The molecule has 0 radical (unpaired) electrons. The highest BCUT2D eigenvalue weighted by atomic mass is 35.5. The van der Waals surface area contributed by atoms with E-state index in [-0.39, 0.29) is 5.91 Å². The first-order chi connectivity index (χ1) is 9.95. The van der Waals surface area contributed by atoms with E-state index < -0.39 is 5.97 Å². The molecule has 0 aliphatic rings. The van der Waals surface area contributed by atoms with E-state index in [2.05, 4.69) is 5.32 Å². The van der Waals surface area contributed by atoms with Crippen LogP contribution in [0.1, 0.15) is 20.1 Å². The molecule has 4 nitrogen and oxygen atoms in total. The van der Waals surface area contributed by atoms with Crippen LogP contribution in [0.25, 0.3) is 6.08 Å². The summed E-state index contributed by atoms with van der Waals surface area (Å²) in [7, 11) is 0. The lowest BCUT2D eigenvalue weighted by Gasteiger charge is -2.05. The highest BCUT2D eigenvalue weighted by Crippen LogP contribution is 2.22. The Hall–Kier alpha value is -2.11. The Labute approximate surface area is 130 Å². The Morgan fingerprint density at radius 2 is 2.05 bits per heavy atom. The molecule has 2 rings (SSSR count). The zero-order valence-corrected chi connectivity index (χ0v) is 12.7. The van der Waals surface area contributed by atoms with E-state index in [1.807, 2.05) is 13.0 Å². The first-order valence-corrected chi connectivity index (χ1v) is 7.23. The standard InChI is InChI=1S/C15H12ClNO3S/c1-9-2-3-10(8-12(9)16)17-15(20)13-6-4-11(21-13)5-7-14(18)19/h2-8H,1H3,(H,17,20)(H,18,19). The molecule has 0 aliphatic heterocycles. The number of benzene rings is 1. The Kier molecular flexibility index (Phi) is 4.77. The number of nitrogens with one attached hydrogen (secondary N) is 1. The van der Waals surface area contributed by atoms with Crippen molar-refractivity contribution >= 4 is 46.6 Å². The van der Waals surface area contributed by atoms with Gasteiger partial charge in [-0.2, -0.15) is 0 Å². The number of aryl methyl sites for hydroxylation is 1. The van der Waals surface area contributed by atoms with Crippen molar-refractivity contribution in [3.63, 3.8) is 0 Å². The third kappa shape index (κ3) is 4.18. The number of hydrogen-bond acceptors (Lipinski definition) is 3. The summed E-state index contributed by atoms with van der Waals surface area (Å²) >= 11 is 7.22. The number of anilines is 1. The van der Waals surface area contributed by atoms with E-state index >= 15 is 0 Å². The van der Waals surface area contributed by atoms with Crippen molar-refractivity contribution in [1.82, 2.24) is 0 Å². The van der Waals surface area contributed by atoms with Crippen LogP contribution in [0.5, 0.6) is 0 Å². The van der Waals surface area contributed by atoms with Crippen molar-refractivity contribution in [2.75, 3.05) is 5.32 Å². The first kappa shape index (κ1) is 15.3. The molecule has 2 N–H and O–H groups in total. The molecule has 0 fully saturated rings. The van der Waals surface area contributed by atoms with Gasteiger partial charge in [0, 0.05) is 21.7 Å². The number of carboxylic acids is 1. The number of thiophene rings is 1. The summed E-state index contributed by atoms with van der Waals surface area (Å²) < 4.78 is 0. The Balaban J connectivity index is 2.10. The van der Waals surface area contributed by atoms with Crippen molar-refractivity contribution in [2.24, 2.45) is 0 Å². The van der Waals surface area contributed by atoms with Crippen molar-refractivity contribution < 1.29 is 14.7 Å². The molecule has 1 aromatic carbocycles. The normalized spacial score (nSPS) is 10.8. The van der Waals surface area contributed by atoms with E-state index in [1.54, 1.807) is 24.3 Å². The molecule has 1 amide bonds. The van der Waals surface area contributed by atoms with Gasteiger partial charge in [0.25, 0.3) is 5.91 Å². The van der Waals surface area contributed by atoms with Gasteiger partial charge in [0.2, 0.25) is 0 Å². The van der Waals surface area contributed by atoms with Crippen molar-refractivity contribution in [3.8, 4) is 0 Å². The van der Waals surface area contributed by atoms with Crippen LogP contribution >= 0.6 is 22.9 Å². The summed E-state index contributed by atoms with van der Waals surface area (Å²) in [6.45, 7) is 1.88. The molecular formula is C15H12ClNO3S. The van der Waals surface area contributed by atoms with E-state index in [4.69, 9.17) is 16.7 Å². The third-order valence-electron chi connectivity index (χ3n) is 2.67. The number of rotatable bonds is 4. The van der Waals surface area contributed by atoms with Crippen LogP contribution in [0.2, 0.25) is 5.02 Å². The SMILES string of the molecule is Cc1ccc(NC(=O)c2ccc(C=CC(=O)O)s2)cc1Cl. The molecule has 2 aromatic rings. The molecule has 1 heterocycles. The van der Waals surface area contributed by atoms with Crippen LogP contribution in [0.3, 0.4) is 0 Å². The van der Waals surface area contributed by atoms with Crippen LogP contribution in [-0.4, -0.2) is 17.0 Å². The molecule has 6 heteroatoms. The average molecular weight is 322 g/mol. The van der Waals surface area contributed by atoms with Gasteiger partial charge in [-0.3, -0.25) is 4.79 Å². The van der Waals surface area contributed by atoms with Gasteiger partial charge in [0.1, 0.15) is 0 Å². The maximum absolute atomic E-state index is 12.1. The van der Waals surface area contributed by atoms with Gasteiger partial charge in [0.15, 0.2) is 0 Å². The second kappa shape index (κ2) is 6.56. The monoisotopic (exact) mass is 321 g/mol. The van der Waals surface area contributed by atoms with Gasteiger partial charge in [-0.1, -0.05) is 17.7 Å². The number of carboxylic acid groups (broad SMARTS) is 1. The number of carbonyl (C=O) groups excluding carboxylic acids is 1. The maximum atomic E-state index is 12.1. The minimum Gasteiger partial charge on any atom is -0.478 e. The number of amides is 1. The van der Waals surface area contributed by atoms with Gasteiger partial charge in [-0.25, -0.2) is 4.79 Å². The summed E-state index contributed by atoms with van der Waals surface area (Å²) in [6.07, 6.45) is 2.49. The number of hydrogen-bond donors (Lipinski definition) is 2. The third-order valence-corrected chi connectivity index (χ3v) is 4.13. The van der Waals surface area contributed by atoms with Gasteiger partial charge in [-0.05, 0) is 42.8 Å². The second-order valence-corrected chi connectivity index (χ2v) is 5.81. The molecule has 0 saturated heterocycles. The van der Waals surface area contributed by atoms with Gasteiger partial charge in [-0.15, -0.1) is 11.3 Å². The quantitative estimate of drug-likeness (QED) is 0.834. The Bertz CT molecular complexity index is 721. The van der Waals surface area contributed by atoms with Gasteiger partial charge in [0.05, 0.1) is 4.88 Å². The van der Waals surface area contributed by atoms with Crippen LogP contribution < -0.4 is 5.32 Å². The summed E-state index contributed by atoms with van der Waals surface area (Å²) in [5.74, 6) is -1.28. The fraction of sp³-hybridized carbons (Fsp3) is 0.0667. The summed E-state index contributed by atoms with van der Waals surface area (Å²) in [5.41, 5.74) is 1.55. The first-order valence-electron chi connectivity index (χ1n) is 6.04. The van der Waals surface area contributed by atoms with E-state index in [0.29, 0.717) is 20.5 Å². The smallest absolute Gasteiger partial charge is 0.328 e. The predicted octanol–water partition coefficient (Wildman–Crippen LogP) is 4.06. The van der Waals surface area contributed by atoms with Crippen molar-refractivity contribution in [1.29, 1.82) is 0 Å². The van der Waals surface area contributed by atoms with Crippen molar-refractivity contribution in [3.05, 3.63) is 56.7 Å². The van der Waals surface area contributed by atoms with Crippen LogP contribution in [0.4, 0.5) is 5.69 Å². The number of aliphatic carboxylic acids is 1. The van der Waals surface area contributed by atoms with E-state index in [9.17, 15) is 9.59 Å². The highest BCUT2D eigenvalue weighted by Gasteiger charge is 2.09. The van der Waals surface area contributed by atoms with Gasteiger partial charge >= 0.3 is 5.97 Å². The fourth-order valence-electron chi connectivity index (χ4n) is 1.58. The van der Waals surface area contributed by atoms with E-state index in [1.165, 1.54) is 17.4 Å². The molecule has 21 heavy (non-hydrogen) atoms. The summed E-state index contributed by atoms with van der Waals surface area (Å²) in [6, 6.07) is 8.64. The van der Waals surface area contributed by atoms with Crippen molar-refractivity contribution in [2.45, 2.75) is 6.92 Å². The predicted molar refractivity (Wildman–Crippen MR) is 85.1 cm³/mol. The highest BCUT2D eigenvalue weighted by molar-refractivity contribution is 7.15. The number of carbonyl (C=O) groups is 2. The fourth-order valence-corrected chi connectivity index (χ4v) is 2.57. The Morgan fingerprint density at radius 1 is 1.29 bits per heavy atom. The minimum absolute atomic E-state index is 0.255. The van der Waals surface area contributed by atoms with Crippen LogP contribution in [0, 0.1) is 6.92 Å². The lowest BCUT2D eigenvalue weighted by Crippen LogP contribution is -2.09. The molecule has 0 spiro atoms. The molecule has 0 saturated carbocycles. The zero-order chi connectivity index (χ0) is 15.4. The molecule has 108 valence electrons. The Morgan fingerprint density at radius 3 is 2.71 bits per heavy atom. The molecule has 0 aliphatic carbocycles. The molecular weight excluding hydrogens is 310 g/mol. The lowest BCUT2D eigenvalue weighted by molar-refractivity contribution is -0.131. The summed E-state index contributed by atoms with van der Waals surface area (Å²) in [4.78, 5) is 23.7. The van der Waals surface area contributed by atoms with E-state index in [0.717, 1.165) is 11.6 Å². The topological polar surface area (TPSA) is 66.4 Å². The average Bonchev–Trinajstić information content (AvgIpc) is 2.89. The maximum Gasteiger partial charge on any atom is 0.328 e. The molecule has 0 unspecified atom stereocenters. The van der Waals surface area contributed by atoms with Gasteiger partial charge < -0.3 is 10.4 Å².